The van der Waals surface area contributed by atoms with E-state index in [1.807, 2.05) is 12.1 Å². The number of ether oxygens (including phenoxy) is 1. The first-order valence-corrected chi connectivity index (χ1v) is 8.05. The number of hydrogen-bond donors (Lipinski definition) is 1. The first kappa shape index (κ1) is 13.9. The molecular weight excluding hydrogens is 248 g/mol. The minimum atomic E-state index is -0.217. The fourth-order valence-electron chi connectivity index (χ4n) is 4.34. The summed E-state index contributed by atoms with van der Waals surface area (Å²) in [5, 5.41) is 10.9. The fourth-order valence-corrected chi connectivity index (χ4v) is 4.34. The summed E-state index contributed by atoms with van der Waals surface area (Å²) >= 11 is 0. The van der Waals surface area contributed by atoms with Gasteiger partial charge in [-0.05, 0) is 55.1 Å². The number of benzene rings is 1. The van der Waals surface area contributed by atoms with Gasteiger partial charge in [0.2, 0.25) is 0 Å². The molecule has 1 heterocycles. The zero-order chi connectivity index (χ0) is 14.1. The Morgan fingerprint density at radius 2 is 1.80 bits per heavy atom. The second-order valence-corrected chi connectivity index (χ2v) is 6.95. The van der Waals surface area contributed by atoms with Gasteiger partial charge >= 0.3 is 0 Å². The van der Waals surface area contributed by atoms with Gasteiger partial charge in [-0.3, -0.25) is 0 Å². The van der Waals surface area contributed by atoms with E-state index in [-0.39, 0.29) is 12.0 Å². The van der Waals surface area contributed by atoms with Gasteiger partial charge in [0.25, 0.3) is 0 Å². The van der Waals surface area contributed by atoms with Crippen molar-refractivity contribution in [1.29, 1.82) is 0 Å². The lowest BCUT2D eigenvalue weighted by Crippen LogP contribution is -2.35. The quantitative estimate of drug-likeness (QED) is 0.883. The third-order valence-electron chi connectivity index (χ3n) is 5.12. The second-order valence-electron chi connectivity index (χ2n) is 6.95. The Morgan fingerprint density at radius 3 is 2.55 bits per heavy atom. The van der Waals surface area contributed by atoms with Gasteiger partial charge in [-0.2, -0.15) is 0 Å². The zero-order valence-corrected chi connectivity index (χ0v) is 12.6. The van der Waals surface area contributed by atoms with E-state index in [0.29, 0.717) is 5.92 Å². The Hall–Kier alpha value is -1.02. The molecule has 3 rings (SSSR count). The van der Waals surface area contributed by atoms with Crippen LogP contribution in [0, 0.1) is 17.8 Å². The molecule has 1 aliphatic carbocycles. The van der Waals surface area contributed by atoms with Gasteiger partial charge in [0.1, 0.15) is 5.75 Å². The summed E-state index contributed by atoms with van der Waals surface area (Å²) in [6, 6.07) is 8.22. The summed E-state index contributed by atoms with van der Waals surface area (Å²) < 4.78 is 5.72. The molecular formula is C18H26O2. The molecule has 0 spiro atoms. The molecule has 1 saturated carbocycles. The Morgan fingerprint density at radius 1 is 1.10 bits per heavy atom. The van der Waals surface area contributed by atoms with Crippen LogP contribution in [0.25, 0.3) is 0 Å². The van der Waals surface area contributed by atoms with Crippen LogP contribution in [0.4, 0.5) is 0 Å². The van der Waals surface area contributed by atoms with E-state index in [1.165, 1.54) is 24.8 Å². The van der Waals surface area contributed by atoms with Gasteiger partial charge in [0.05, 0.1) is 12.7 Å². The van der Waals surface area contributed by atoms with Crippen LogP contribution in [0.3, 0.4) is 0 Å². The number of aliphatic hydroxyl groups excluding tert-OH is 1. The zero-order valence-electron chi connectivity index (χ0n) is 12.6. The lowest BCUT2D eigenvalue weighted by atomic mass is 9.70. The number of fused-ring (bicyclic) bond motifs is 1. The van der Waals surface area contributed by atoms with Crippen molar-refractivity contribution in [1.82, 2.24) is 0 Å². The Kier molecular flexibility index (Phi) is 4.02. The highest BCUT2D eigenvalue weighted by Gasteiger charge is 2.36. The van der Waals surface area contributed by atoms with Crippen molar-refractivity contribution >= 4 is 0 Å². The molecule has 1 N–H and O–H groups in total. The van der Waals surface area contributed by atoms with Gasteiger partial charge in [0, 0.05) is 5.92 Å². The van der Waals surface area contributed by atoms with Crippen LogP contribution in [0.1, 0.15) is 51.0 Å². The van der Waals surface area contributed by atoms with Crippen molar-refractivity contribution in [3.63, 3.8) is 0 Å². The van der Waals surface area contributed by atoms with Crippen LogP contribution < -0.4 is 4.74 Å². The van der Waals surface area contributed by atoms with Crippen molar-refractivity contribution in [3.8, 4) is 5.75 Å². The summed E-state index contributed by atoms with van der Waals surface area (Å²) in [7, 11) is 0. The number of para-hydroxylation sites is 1. The van der Waals surface area contributed by atoms with E-state index >= 15 is 0 Å². The molecule has 2 heteroatoms. The standard InChI is InChI=1S/C18H26O2/c1-12-9-13(2)11-14(10-12)18(19)16-7-8-20-17-6-4-3-5-15(16)17/h3-6,12-14,16,18-19H,7-11H2,1-2H3. The molecule has 4 atom stereocenters. The topological polar surface area (TPSA) is 29.5 Å². The van der Waals surface area contributed by atoms with Gasteiger partial charge in [-0.1, -0.05) is 32.0 Å². The first-order chi connectivity index (χ1) is 9.65. The van der Waals surface area contributed by atoms with E-state index in [2.05, 4.69) is 26.0 Å². The molecule has 2 nitrogen and oxygen atoms in total. The smallest absolute Gasteiger partial charge is 0.122 e. The van der Waals surface area contributed by atoms with Gasteiger partial charge in [-0.15, -0.1) is 0 Å². The third kappa shape index (κ3) is 2.71. The molecule has 2 aliphatic rings. The normalized spacial score (nSPS) is 35.0. The monoisotopic (exact) mass is 274 g/mol. The summed E-state index contributed by atoms with van der Waals surface area (Å²) in [4.78, 5) is 0. The van der Waals surface area contributed by atoms with E-state index < -0.39 is 0 Å². The third-order valence-corrected chi connectivity index (χ3v) is 5.12. The van der Waals surface area contributed by atoms with Crippen LogP contribution in [0.2, 0.25) is 0 Å². The van der Waals surface area contributed by atoms with Crippen molar-refractivity contribution in [2.24, 2.45) is 17.8 Å². The molecule has 1 aromatic carbocycles. The second kappa shape index (κ2) is 5.77. The highest BCUT2D eigenvalue weighted by atomic mass is 16.5. The van der Waals surface area contributed by atoms with Crippen LogP contribution >= 0.6 is 0 Å². The van der Waals surface area contributed by atoms with Crippen LogP contribution in [0.15, 0.2) is 24.3 Å². The largest absolute Gasteiger partial charge is 0.493 e. The highest BCUT2D eigenvalue weighted by Crippen LogP contribution is 2.43. The predicted octanol–water partition coefficient (Wildman–Crippen LogP) is 3.99. The van der Waals surface area contributed by atoms with Crippen molar-refractivity contribution in [2.75, 3.05) is 6.61 Å². The molecule has 0 saturated heterocycles. The highest BCUT2D eigenvalue weighted by molar-refractivity contribution is 5.38. The fraction of sp³-hybridized carbons (Fsp3) is 0.667. The Balaban J connectivity index is 1.79. The molecule has 1 aromatic rings. The first-order valence-electron chi connectivity index (χ1n) is 8.05. The molecule has 0 radical (unpaired) electrons. The Labute approximate surface area is 122 Å². The summed E-state index contributed by atoms with van der Waals surface area (Å²) in [6.45, 7) is 5.39. The molecule has 1 aliphatic heterocycles. The predicted molar refractivity (Wildman–Crippen MR) is 81.0 cm³/mol. The molecule has 20 heavy (non-hydrogen) atoms. The van der Waals surface area contributed by atoms with Crippen molar-refractivity contribution < 1.29 is 9.84 Å². The van der Waals surface area contributed by atoms with E-state index in [1.54, 1.807) is 0 Å². The minimum absolute atomic E-state index is 0.217. The van der Waals surface area contributed by atoms with Gasteiger partial charge < -0.3 is 9.84 Å². The number of hydrogen-bond acceptors (Lipinski definition) is 2. The summed E-state index contributed by atoms with van der Waals surface area (Å²) in [6.07, 6.45) is 4.38. The molecule has 0 aromatic heterocycles. The molecule has 110 valence electrons. The molecule has 1 fully saturated rings. The molecule has 4 unspecified atom stereocenters. The van der Waals surface area contributed by atoms with Crippen LogP contribution in [-0.2, 0) is 0 Å². The lowest BCUT2D eigenvalue weighted by molar-refractivity contribution is 0.0253. The van der Waals surface area contributed by atoms with E-state index in [0.717, 1.165) is 30.6 Å². The molecule has 0 amide bonds. The maximum Gasteiger partial charge on any atom is 0.122 e. The van der Waals surface area contributed by atoms with Gasteiger partial charge in [0.15, 0.2) is 0 Å². The number of rotatable bonds is 2. The maximum atomic E-state index is 10.9. The van der Waals surface area contributed by atoms with Crippen molar-refractivity contribution in [3.05, 3.63) is 29.8 Å². The average Bonchev–Trinajstić information content (AvgIpc) is 2.45. The maximum absolute atomic E-state index is 10.9. The average molecular weight is 274 g/mol. The molecule has 0 bridgehead atoms. The summed E-state index contributed by atoms with van der Waals surface area (Å²) in [5.41, 5.74) is 1.21. The van der Waals surface area contributed by atoms with Crippen LogP contribution in [0.5, 0.6) is 5.75 Å². The van der Waals surface area contributed by atoms with Gasteiger partial charge in [-0.25, -0.2) is 0 Å². The number of aliphatic hydroxyl groups is 1. The Bertz CT molecular complexity index is 446. The lowest BCUT2D eigenvalue weighted by Gasteiger charge is -2.39. The van der Waals surface area contributed by atoms with E-state index in [9.17, 15) is 5.11 Å². The SMILES string of the molecule is CC1CC(C)CC(C(O)C2CCOc3ccccc32)C1. The minimum Gasteiger partial charge on any atom is -0.493 e. The van der Waals surface area contributed by atoms with Crippen molar-refractivity contribution in [2.45, 2.75) is 51.6 Å². The summed E-state index contributed by atoms with van der Waals surface area (Å²) in [5.74, 6) is 3.16. The van der Waals surface area contributed by atoms with Crippen LogP contribution in [-0.4, -0.2) is 17.8 Å². The van der Waals surface area contributed by atoms with E-state index in [4.69, 9.17) is 4.74 Å².